The van der Waals surface area contributed by atoms with Gasteiger partial charge in [-0.15, -0.1) is 0 Å². The lowest BCUT2D eigenvalue weighted by Gasteiger charge is -2.26. The van der Waals surface area contributed by atoms with Crippen molar-refractivity contribution in [3.05, 3.63) is 29.3 Å². The van der Waals surface area contributed by atoms with E-state index in [0.717, 1.165) is 18.8 Å². The summed E-state index contributed by atoms with van der Waals surface area (Å²) in [6, 6.07) is 6.49. The first kappa shape index (κ1) is 16.0. The molecule has 1 aromatic carbocycles. The Kier molecular flexibility index (Phi) is 6.32. The minimum atomic E-state index is 0.202. The average Bonchev–Trinajstić information content (AvgIpc) is 2.34. The second-order valence-corrected chi connectivity index (χ2v) is 5.71. The Morgan fingerprint density at radius 3 is 2.42 bits per heavy atom. The third-order valence-corrected chi connectivity index (χ3v) is 3.21. The molecule has 1 atom stereocenters. The predicted octanol–water partition coefficient (Wildman–Crippen LogP) is 3.01. The molecule has 3 nitrogen and oxygen atoms in total. The molecule has 0 radical (unpaired) electrons. The summed E-state index contributed by atoms with van der Waals surface area (Å²) in [5.74, 6) is 1.46. The summed E-state index contributed by atoms with van der Waals surface area (Å²) in [6.07, 6.45) is 0.750. The molecule has 1 aromatic rings. The largest absolute Gasteiger partial charge is 0.493 e. The quantitative estimate of drug-likeness (QED) is 0.822. The van der Waals surface area contributed by atoms with E-state index in [4.69, 9.17) is 4.74 Å². The predicted molar refractivity (Wildman–Crippen MR) is 79.6 cm³/mol. The van der Waals surface area contributed by atoms with E-state index in [1.54, 1.807) is 0 Å². The van der Waals surface area contributed by atoms with Crippen LogP contribution in [0.25, 0.3) is 0 Å². The topological polar surface area (TPSA) is 32.7 Å². The fourth-order valence-electron chi connectivity index (χ4n) is 2.19. The molecule has 0 saturated heterocycles. The van der Waals surface area contributed by atoms with Gasteiger partial charge in [-0.1, -0.05) is 19.9 Å². The van der Waals surface area contributed by atoms with Crippen molar-refractivity contribution >= 4 is 0 Å². The van der Waals surface area contributed by atoms with Gasteiger partial charge in [-0.2, -0.15) is 0 Å². The van der Waals surface area contributed by atoms with Gasteiger partial charge in [0.15, 0.2) is 0 Å². The zero-order valence-electron chi connectivity index (χ0n) is 12.8. The van der Waals surface area contributed by atoms with E-state index >= 15 is 0 Å². The van der Waals surface area contributed by atoms with Crippen molar-refractivity contribution in [1.29, 1.82) is 0 Å². The van der Waals surface area contributed by atoms with Gasteiger partial charge in [-0.05, 0) is 56.6 Å². The van der Waals surface area contributed by atoms with Crippen LogP contribution in [-0.4, -0.2) is 37.3 Å². The van der Waals surface area contributed by atoms with E-state index in [1.165, 1.54) is 11.1 Å². The summed E-state index contributed by atoms with van der Waals surface area (Å²) in [5.41, 5.74) is 2.48. The maximum absolute atomic E-state index is 9.19. The van der Waals surface area contributed by atoms with Crippen LogP contribution < -0.4 is 4.74 Å². The van der Waals surface area contributed by atoms with Crippen LogP contribution in [0.2, 0.25) is 0 Å². The number of ether oxygens (including phenoxy) is 1. The number of aryl methyl sites for hydroxylation is 1. The van der Waals surface area contributed by atoms with Gasteiger partial charge in [0.25, 0.3) is 0 Å². The molecule has 3 heteroatoms. The highest BCUT2D eigenvalue weighted by Gasteiger charge is 2.16. The standard InChI is InChI=1S/C16H27NO2/c1-12(2)11-19-14-6-7-15(13(3)10-14)16(8-9-18)17(4)5/h6-7,10,12,16,18H,8-9,11H2,1-5H3. The number of nitrogens with zero attached hydrogens (tertiary/aromatic N) is 1. The van der Waals surface area contributed by atoms with Crippen LogP contribution >= 0.6 is 0 Å². The van der Waals surface area contributed by atoms with E-state index in [-0.39, 0.29) is 12.6 Å². The highest BCUT2D eigenvalue weighted by Crippen LogP contribution is 2.27. The second-order valence-electron chi connectivity index (χ2n) is 5.71. The van der Waals surface area contributed by atoms with Crippen LogP contribution in [0.15, 0.2) is 18.2 Å². The molecule has 0 spiro atoms. The first-order chi connectivity index (χ1) is 8.95. The lowest BCUT2D eigenvalue weighted by atomic mass is 9.98. The Balaban J connectivity index is 2.86. The average molecular weight is 265 g/mol. The van der Waals surface area contributed by atoms with Crippen molar-refractivity contribution in [3.8, 4) is 5.75 Å². The Bertz CT molecular complexity index is 388. The van der Waals surface area contributed by atoms with Crippen molar-refractivity contribution in [2.75, 3.05) is 27.3 Å². The number of rotatable bonds is 7. The fourth-order valence-corrected chi connectivity index (χ4v) is 2.19. The smallest absolute Gasteiger partial charge is 0.119 e. The van der Waals surface area contributed by atoms with Crippen molar-refractivity contribution in [2.45, 2.75) is 33.2 Å². The summed E-state index contributed by atoms with van der Waals surface area (Å²) < 4.78 is 5.74. The van der Waals surface area contributed by atoms with E-state index in [1.807, 2.05) is 20.2 Å². The summed E-state index contributed by atoms with van der Waals surface area (Å²) in [6.45, 7) is 7.33. The van der Waals surface area contributed by atoms with Gasteiger partial charge in [0, 0.05) is 12.6 Å². The van der Waals surface area contributed by atoms with Crippen molar-refractivity contribution < 1.29 is 9.84 Å². The SMILES string of the molecule is Cc1cc(OCC(C)C)ccc1C(CCO)N(C)C. The van der Waals surface area contributed by atoms with Crippen LogP contribution in [0.4, 0.5) is 0 Å². The number of aliphatic hydroxyl groups is 1. The minimum absolute atomic E-state index is 0.202. The molecule has 0 heterocycles. The maximum Gasteiger partial charge on any atom is 0.119 e. The van der Waals surface area contributed by atoms with Crippen LogP contribution in [0.3, 0.4) is 0 Å². The molecule has 1 rings (SSSR count). The number of hydrogen-bond acceptors (Lipinski definition) is 3. The van der Waals surface area contributed by atoms with Crippen LogP contribution in [0.1, 0.15) is 37.4 Å². The molecule has 0 aliphatic rings. The third kappa shape index (κ3) is 4.84. The Morgan fingerprint density at radius 1 is 1.26 bits per heavy atom. The van der Waals surface area contributed by atoms with E-state index in [2.05, 4.69) is 37.8 Å². The molecule has 0 aliphatic heterocycles. The van der Waals surface area contributed by atoms with Crippen molar-refractivity contribution in [1.82, 2.24) is 4.90 Å². The highest BCUT2D eigenvalue weighted by molar-refractivity contribution is 5.36. The molecular weight excluding hydrogens is 238 g/mol. The molecule has 0 fully saturated rings. The van der Waals surface area contributed by atoms with E-state index < -0.39 is 0 Å². The second kappa shape index (κ2) is 7.51. The first-order valence-electron chi connectivity index (χ1n) is 6.96. The number of aliphatic hydroxyl groups excluding tert-OH is 1. The summed E-state index contributed by atoms with van der Waals surface area (Å²) in [7, 11) is 4.09. The molecule has 0 amide bonds. The summed E-state index contributed by atoms with van der Waals surface area (Å²) in [5, 5.41) is 9.19. The molecule has 0 aromatic heterocycles. The van der Waals surface area contributed by atoms with Gasteiger partial charge in [0.1, 0.15) is 5.75 Å². The molecule has 19 heavy (non-hydrogen) atoms. The summed E-state index contributed by atoms with van der Waals surface area (Å²) in [4.78, 5) is 2.15. The van der Waals surface area contributed by atoms with Gasteiger partial charge in [0.05, 0.1) is 6.61 Å². The van der Waals surface area contributed by atoms with E-state index in [9.17, 15) is 5.11 Å². The van der Waals surface area contributed by atoms with Gasteiger partial charge < -0.3 is 14.7 Å². The van der Waals surface area contributed by atoms with Gasteiger partial charge in [-0.25, -0.2) is 0 Å². The number of hydrogen-bond donors (Lipinski definition) is 1. The van der Waals surface area contributed by atoms with Gasteiger partial charge >= 0.3 is 0 Å². The monoisotopic (exact) mass is 265 g/mol. The van der Waals surface area contributed by atoms with Gasteiger partial charge in [-0.3, -0.25) is 0 Å². The zero-order chi connectivity index (χ0) is 14.4. The van der Waals surface area contributed by atoms with Crippen molar-refractivity contribution in [2.24, 2.45) is 5.92 Å². The highest BCUT2D eigenvalue weighted by atomic mass is 16.5. The normalized spacial score (nSPS) is 13.1. The Morgan fingerprint density at radius 2 is 1.95 bits per heavy atom. The first-order valence-corrected chi connectivity index (χ1v) is 6.96. The van der Waals surface area contributed by atoms with Gasteiger partial charge in [0.2, 0.25) is 0 Å². The maximum atomic E-state index is 9.19. The minimum Gasteiger partial charge on any atom is -0.493 e. The van der Waals surface area contributed by atoms with Crippen LogP contribution in [0, 0.1) is 12.8 Å². The Hall–Kier alpha value is -1.06. The van der Waals surface area contributed by atoms with Crippen LogP contribution in [0.5, 0.6) is 5.75 Å². The zero-order valence-corrected chi connectivity index (χ0v) is 12.8. The molecule has 108 valence electrons. The lowest BCUT2D eigenvalue weighted by molar-refractivity contribution is 0.210. The van der Waals surface area contributed by atoms with Crippen LogP contribution in [-0.2, 0) is 0 Å². The Labute approximate surface area is 117 Å². The molecule has 1 N–H and O–H groups in total. The molecular formula is C16H27NO2. The molecule has 0 bridgehead atoms. The fraction of sp³-hybridized carbons (Fsp3) is 0.625. The molecule has 1 unspecified atom stereocenters. The van der Waals surface area contributed by atoms with E-state index in [0.29, 0.717) is 5.92 Å². The molecule has 0 aliphatic carbocycles. The molecule has 0 saturated carbocycles. The number of benzene rings is 1. The lowest BCUT2D eigenvalue weighted by Crippen LogP contribution is -2.21. The van der Waals surface area contributed by atoms with Crippen molar-refractivity contribution in [3.63, 3.8) is 0 Å². The third-order valence-electron chi connectivity index (χ3n) is 3.21. The summed E-state index contributed by atoms with van der Waals surface area (Å²) >= 11 is 0.